The average Bonchev–Trinajstić information content (AvgIpc) is 3.56. The van der Waals surface area contributed by atoms with Crippen LogP contribution in [0.1, 0.15) is 54.8 Å². The smallest absolute Gasteiger partial charge is 0.253 e. The first-order chi connectivity index (χ1) is 14.3. The molecular formula is C19H20N6O2S2. The molecule has 0 spiro atoms. The summed E-state index contributed by atoms with van der Waals surface area (Å²) in [6, 6.07) is 7.88. The topological polar surface area (TPSA) is 89.4 Å². The predicted octanol–water partition coefficient (Wildman–Crippen LogP) is 3.91. The maximum atomic E-state index is 13.1. The number of amides is 1. The van der Waals surface area contributed by atoms with Crippen molar-refractivity contribution >= 4 is 34.7 Å². The molecule has 1 fully saturated rings. The number of hydrazone groups is 1. The highest BCUT2D eigenvalue weighted by molar-refractivity contribution is 7.99. The van der Waals surface area contributed by atoms with Crippen molar-refractivity contribution in [1.82, 2.24) is 25.2 Å². The number of aromatic nitrogens is 4. The highest BCUT2D eigenvalue weighted by Crippen LogP contribution is 2.35. The number of hydrogen-bond donors (Lipinski definition) is 0. The van der Waals surface area contributed by atoms with E-state index in [0.717, 1.165) is 29.2 Å². The number of hydrogen-bond acceptors (Lipinski definition) is 8. The summed E-state index contributed by atoms with van der Waals surface area (Å²) in [5.41, 5.74) is 0.913. The van der Waals surface area contributed by atoms with Crippen LogP contribution in [0.15, 0.2) is 50.6 Å². The van der Waals surface area contributed by atoms with Gasteiger partial charge in [0, 0.05) is 6.42 Å². The monoisotopic (exact) mass is 428 g/mol. The third-order valence-electron chi connectivity index (χ3n) is 5.30. The number of carbonyl (C=O) groups excluding carboxylic acids is 1. The van der Waals surface area contributed by atoms with Gasteiger partial charge in [-0.05, 0) is 46.8 Å². The number of tetrazole rings is 1. The Morgan fingerprint density at radius 1 is 1.28 bits per heavy atom. The number of thioether (sulfide) groups is 1. The van der Waals surface area contributed by atoms with Gasteiger partial charge in [0.1, 0.15) is 11.8 Å². The second-order valence-electron chi connectivity index (χ2n) is 7.13. The summed E-state index contributed by atoms with van der Waals surface area (Å²) in [7, 11) is 0. The van der Waals surface area contributed by atoms with E-state index < -0.39 is 0 Å². The number of thiophene rings is 1. The lowest BCUT2D eigenvalue weighted by Gasteiger charge is -2.19. The molecule has 0 aromatic carbocycles. The fourth-order valence-electron chi connectivity index (χ4n) is 3.89. The van der Waals surface area contributed by atoms with Crippen LogP contribution >= 0.6 is 23.1 Å². The molecule has 8 nitrogen and oxygen atoms in total. The summed E-state index contributed by atoms with van der Waals surface area (Å²) in [6.07, 6.45) is 6.86. The van der Waals surface area contributed by atoms with Crippen molar-refractivity contribution in [3.05, 3.63) is 46.5 Å². The van der Waals surface area contributed by atoms with E-state index in [0.29, 0.717) is 17.6 Å². The van der Waals surface area contributed by atoms with Gasteiger partial charge in [0.2, 0.25) is 5.16 Å². The zero-order valence-corrected chi connectivity index (χ0v) is 17.3. The van der Waals surface area contributed by atoms with Crippen LogP contribution in [0.3, 0.4) is 0 Å². The molecule has 0 bridgehead atoms. The number of furan rings is 1. The summed E-state index contributed by atoms with van der Waals surface area (Å²) < 4.78 is 7.47. The van der Waals surface area contributed by atoms with Gasteiger partial charge in [0.25, 0.3) is 5.91 Å². The Labute approximate surface area is 176 Å². The molecule has 4 heterocycles. The van der Waals surface area contributed by atoms with E-state index >= 15 is 0 Å². The van der Waals surface area contributed by atoms with Crippen molar-refractivity contribution < 1.29 is 9.21 Å². The summed E-state index contributed by atoms with van der Waals surface area (Å²) in [5.74, 6) is 0.893. The van der Waals surface area contributed by atoms with E-state index in [4.69, 9.17) is 4.42 Å². The van der Waals surface area contributed by atoms with Gasteiger partial charge in [-0.15, -0.1) is 16.4 Å². The van der Waals surface area contributed by atoms with E-state index in [1.54, 1.807) is 22.6 Å². The fourth-order valence-corrected chi connectivity index (χ4v) is 5.40. The lowest BCUT2D eigenvalue weighted by molar-refractivity contribution is -0.130. The Hall–Kier alpha value is -2.46. The quantitative estimate of drug-likeness (QED) is 0.553. The molecule has 5 rings (SSSR count). The molecule has 3 aromatic heterocycles. The molecule has 150 valence electrons. The zero-order valence-electron chi connectivity index (χ0n) is 15.7. The van der Waals surface area contributed by atoms with Crippen molar-refractivity contribution in [3.63, 3.8) is 0 Å². The fraction of sp³-hybridized carbons (Fsp3) is 0.421. The van der Waals surface area contributed by atoms with Crippen molar-refractivity contribution in [2.75, 3.05) is 5.75 Å². The van der Waals surface area contributed by atoms with Crippen LogP contribution in [-0.2, 0) is 4.79 Å². The minimum Gasteiger partial charge on any atom is -0.467 e. The minimum absolute atomic E-state index is 0.0797. The first kappa shape index (κ1) is 18.6. The number of carbonyl (C=O) groups is 1. The molecule has 0 saturated heterocycles. The molecule has 2 aliphatic rings. The molecule has 0 unspecified atom stereocenters. The van der Waals surface area contributed by atoms with Crippen molar-refractivity contribution in [1.29, 1.82) is 0 Å². The van der Waals surface area contributed by atoms with Crippen molar-refractivity contribution in [2.24, 2.45) is 5.10 Å². The first-order valence-electron chi connectivity index (χ1n) is 9.67. The molecule has 3 aromatic rings. The second kappa shape index (κ2) is 8.11. The van der Waals surface area contributed by atoms with Crippen LogP contribution in [-0.4, -0.2) is 42.6 Å². The lowest BCUT2D eigenvalue weighted by atomic mass is 10.1. The number of rotatable bonds is 6. The second-order valence-corrected chi connectivity index (χ2v) is 9.02. The largest absolute Gasteiger partial charge is 0.467 e. The molecule has 1 atom stereocenters. The third kappa shape index (κ3) is 3.74. The van der Waals surface area contributed by atoms with Crippen molar-refractivity contribution in [2.45, 2.75) is 49.3 Å². The van der Waals surface area contributed by atoms with Crippen LogP contribution in [0.25, 0.3) is 0 Å². The van der Waals surface area contributed by atoms with Crippen LogP contribution in [0, 0.1) is 0 Å². The highest BCUT2D eigenvalue weighted by atomic mass is 32.2. The van der Waals surface area contributed by atoms with E-state index in [9.17, 15) is 4.79 Å². The normalized spacial score (nSPS) is 19.8. The molecular weight excluding hydrogens is 408 g/mol. The standard InChI is InChI=1S/C19H20N6O2S2/c26-18(12-29-19-20-22-23-24(19)13-5-1-2-6-13)25-15(16-7-3-9-27-16)11-14(21-25)17-8-4-10-28-17/h3-4,7-10,13,15H,1-2,5-6,11-12H2/t15-/m0/s1. The SMILES string of the molecule is O=C(CSc1nnnn1C1CCCC1)N1N=C(c2cccs2)C[C@H]1c1ccco1. The van der Waals surface area contributed by atoms with Crippen LogP contribution in [0.4, 0.5) is 0 Å². The molecule has 1 aliphatic carbocycles. The van der Waals surface area contributed by atoms with Crippen LogP contribution in [0.5, 0.6) is 0 Å². The predicted molar refractivity (Wildman–Crippen MR) is 110 cm³/mol. The Morgan fingerprint density at radius 2 is 2.17 bits per heavy atom. The minimum atomic E-state index is -0.221. The molecule has 0 radical (unpaired) electrons. The van der Waals surface area contributed by atoms with E-state index in [-0.39, 0.29) is 17.7 Å². The number of nitrogens with zero attached hydrogens (tertiary/aromatic N) is 6. The van der Waals surface area contributed by atoms with E-state index in [1.165, 1.54) is 24.6 Å². The van der Waals surface area contributed by atoms with Gasteiger partial charge in [0.15, 0.2) is 0 Å². The van der Waals surface area contributed by atoms with Crippen molar-refractivity contribution in [3.8, 4) is 0 Å². The van der Waals surface area contributed by atoms with Gasteiger partial charge < -0.3 is 4.42 Å². The van der Waals surface area contributed by atoms with Gasteiger partial charge in [-0.25, -0.2) is 9.69 Å². The van der Waals surface area contributed by atoms with E-state index in [1.807, 2.05) is 34.3 Å². The van der Waals surface area contributed by atoms with Gasteiger partial charge in [-0.3, -0.25) is 4.79 Å². The Kier molecular flexibility index (Phi) is 5.19. The van der Waals surface area contributed by atoms with Gasteiger partial charge in [-0.1, -0.05) is 30.7 Å². The van der Waals surface area contributed by atoms with Gasteiger partial charge in [0.05, 0.1) is 28.6 Å². The summed E-state index contributed by atoms with van der Waals surface area (Å²) in [5, 5.41) is 21.0. The first-order valence-corrected chi connectivity index (χ1v) is 11.5. The summed E-state index contributed by atoms with van der Waals surface area (Å²) >= 11 is 3.00. The molecule has 1 aliphatic heterocycles. The summed E-state index contributed by atoms with van der Waals surface area (Å²) in [4.78, 5) is 14.2. The molecule has 1 saturated carbocycles. The Bertz CT molecular complexity index is 992. The zero-order chi connectivity index (χ0) is 19.6. The summed E-state index contributed by atoms with van der Waals surface area (Å²) in [6.45, 7) is 0. The van der Waals surface area contributed by atoms with E-state index in [2.05, 4.69) is 20.6 Å². The Balaban J connectivity index is 1.32. The molecule has 0 N–H and O–H groups in total. The van der Waals surface area contributed by atoms with Crippen LogP contribution < -0.4 is 0 Å². The molecule has 29 heavy (non-hydrogen) atoms. The van der Waals surface area contributed by atoms with Gasteiger partial charge >= 0.3 is 0 Å². The highest BCUT2D eigenvalue weighted by Gasteiger charge is 2.35. The molecule has 1 amide bonds. The van der Waals surface area contributed by atoms with Crippen LogP contribution in [0.2, 0.25) is 0 Å². The lowest BCUT2D eigenvalue weighted by Crippen LogP contribution is -2.28. The maximum Gasteiger partial charge on any atom is 0.253 e. The third-order valence-corrected chi connectivity index (χ3v) is 7.14. The Morgan fingerprint density at radius 3 is 2.93 bits per heavy atom. The molecule has 10 heteroatoms. The maximum absolute atomic E-state index is 13.1. The average molecular weight is 429 g/mol. The van der Waals surface area contributed by atoms with Gasteiger partial charge in [-0.2, -0.15) is 5.10 Å².